The fourth-order valence-electron chi connectivity index (χ4n) is 4.85. The van der Waals surface area contributed by atoms with Crippen LogP contribution in [-0.4, -0.2) is 12.3 Å². The molecule has 2 aromatic carbocycles. The largest absolute Gasteiger partial charge is 0.455 e. The normalized spacial score (nSPS) is 19.1. The summed E-state index contributed by atoms with van der Waals surface area (Å²) in [7, 11) is 0. The summed E-state index contributed by atoms with van der Waals surface area (Å²) in [5, 5.41) is 0. The van der Waals surface area contributed by atoms with Gasteiger partial charge in [0.05, 0.1) is 5.56 Å². The molecule has 0 heterocycles. The van der Waals surface area contributed by atoms with Gasteiger partial charge >= 0.3 is 5.97 Å². The van der Waals surface area contributed by atoms with Crippen molar-refractivity contribution in [2.75, 3.05) is 11.5 Å². The topological polar surface area (TPSA) is 87.6 Å². The van der Waals surface area contributed by atoms with E-state index in [0.717, 1.165) is 30.9 Å². The Balaban J connectivity index is 1.61. The molecule has 4 N–H and O–H groups in total. The van der Waals surface area contributed by atoms with E-state index in [1.165, 1.54) is 44.1 Å². The Bertz CT molecular complexity index is 853. The van der Waals surface area contributed by atoms with Gasteiger partial charge in [-0.25, -0.2) is 4.79 Å². The van der Waals surface area contributed by atoms with Crippen molar-refractivity contribution in [3.63, 3.8) is 0 Å². The van der Waals surface area contributed by atoms with Crippen molar-refractivity contribution in [2.45, 2.75) is 90.3 Å². The number of nitrogens with two attached hydrogens (primary N) is 2. The molecule has 5 heteroatoms. The van der Waals surface area contributed by atoms with Gasteiger partial charge in [0.25, 0.3) is 0 Å². The number of ether oxygens (including phenoxy) is 2. The Morgan fingerprint density at radius 2 is 1.61 bits per heavy atom. The van der Waals surface area contributed by atoms with E-state index in [9.17, 15) is 4.79 Å². The lowest BCUT2D eigenvalue weighted by Gasteiger charge is -2.28. The lowest BCUT2D eigenvalue weighted by molar-refractivity contribution is -0.0533. The van der Waals surface area contributed by atoms with Crippen molar-refractivity contribution >= 4 is 17.3 Å². The van der Waals surface area contributed by atoms with Crippen molar-refractivity contribution in [1.82, 2.24) is 0 Å². The molecular formula is C28H40N2O3. The number of hydrogen-bond donors (Lipinski definition) is 2. The van der Waals surface area contributed by atoms with E-state index < -0.39 is 12.3 Å². The Morgan fingerprint density at radius 1 is 0.939 bits per heavy atom. The standard InChI is InChI=1S/C28H40N2O3/c1-3-5-6-8-27(33-28(31)23-17-24(29)19-25(30)18-23)32-26-15-13-22(14-16-26)21-11-9-20(7-4-2)10-12-21/h13-21,27H,3-12,29-30H2,1-2H3. The minimum Gasteiger partial charge on any atom is -0.455 e. The average Bonchev–Trinajstić information content (AvgIpc) is 2.80. The zero-order chi connectivity index (χ0) is 23.6. The van der Waals surface area contributed by atoms with Gasteiger partial charge in [0.2, 0.25) is 6.29 Å². The van der Waals surface area contributed by atoms with Crippen LogP contribution in [0.2, 0.25) is 0 Å². The number of benzene rings is 2. The van der Waals surface area contributed by atoms with Gasteiger partial charge in [-0.2, -0.15) is 0 Å². The molecule has 2 aromatic rings. The molecule has 0 saturated heterocycles. The first-order valence-electron chi connectivity index (χ1n) is 12.6. The molecule has 180 valence electrons. The van der Waals surface area contributed by atoms with Gasteiger partial charge < -0.3 is 20.9 Å². The highest BCUT2D eigenvalue weighted by molar-refractivity contribution is 5.91. The number of carbonyl (C=O) groups excluding carboxylic acids is 1. The molecule has 0 amide bonds. The highest BCUT2D eigenvalue weighted by Gasteiger charge is 2.22. The Kier molecular flexibility index (Phi) is 9.47. The quantitative estimate of drug-likeness (QED) is 0.165. The summed E-state index contributed by atoms with van der Waals surface area (Å²) in [4.78, 5) is 12.7. The van der Waals surface area contributed by atoms with Crippen LogP contribution in [-0.2, 0) is 4.74 Å². The Morgan fingerprint density at radius 3 is 2.21 bits per heavy atom. The van der Waals surface area contributed by atoms with E-state index in [2.05, 4.69) is 26.0 Å². The fraction of sp³-hybridized carbons (Fsp3) is 0.536. The molecule has 0 aliphatic heterocycles. The third-order valence-corrected chi connectivity index (χ3v) is 6.66. The zero-order valence-electron chi connectivity index (χ0n) is 20.2. The van der Waals surface area contributed by atoms with Crippen LogP contribution in [0, 0.1) is 5.92 Å². The van der Waals surface area contributed by atoms with Crippen LogP contribution >= 0.6 is 0 Å². The van der Waals surface area contributed by atoms with Crippen LogP contribution in [0.5, 0.6) is 5.75 Å². The molecule has 1 unspecified atom stereocenters. The summed E-state index contributed by atoms with van der Waals surface area (Å²) in [5.74, 6) is 1.79. The Labute approximate surface area is 198 Å². The summed E-state index contributed by atoms with van der Waals surface area (Å²) < 4.78 is 11.8. The van der Waals surface area contributed by atoms with Crippen LogP contribution in [0.15, 0.2) is 42.5 Å². The highest BCUT2D eigenvalue weighted by atomic mass is 16.7. The lowest BCUT2D eigenvalue weighted by Crippen LogP contribution is -2.24. The minimum atomic E-state index is -0.651. The number of unbranched alkanes of at least 4 members (excludes halogenated alkanes) is 2. The van der Waals surface area contributed by atoms with Crippen molar-refractivity contribution < 1.29 is 14.3 Å². The third kappa shape index (κ3) is 7.69. The van der Waals surface area contributed by atoms with Crippen LogP contribution in [0.1, 0.15) is 99.9 Å². The fourth-order valence-corrected chi connectivity index (χ4v) is 4.85. The van der Waals surface area contributed by atoms with E-state index in [4.69, 9.17) is 20.9 Å². The Hall–Kier alpha value is -2.69. The van der Waals surface area contributed by atoms with Gasteiger partial charge in [-0.15, -0.1) is 0 Å². The molecular weight excluding hydrogens is 412 g/mol. The number of anilines is 2. The highest BCUT2D eigenvalue weighted by Crippen LogP contribution is 2.38. The summed E-state index contributed by atoms with van der Waals surface area (Å²) in [6.07, 6.45) is 10.9. The van der Waals surface area contributed by atoms with Crippen LogP contribution in [0.25, 0.3) is 0 Å². The van der Waals surface area contributed by atoms with Gasteiger partial charge in [0, 0.05) is 17.8 Å². The third-order valence-electron chi connectivity index (χ3n) is 6.66. The number of rotatable bonds is 11. The van der Waals surface area contributed by atoms with Gasteiger partial charge in [-0.1, -0.05) is 51.7 Å². The number of hydrogen-bond acceptors (Lipinski definition) is 5. The predicted molar refractivity (Wildman–Crippen MR) is 135 cm³/mol. The van der Waals surface area contributed by atoms with Gasteiger partial charge in [0.15, 0.2) is 0 Å². The first kappa shape index (κ1) is 24.9. The van der Waals surface area contributed by atoms with Crippen LogP contribution in [0.4, 0.5) is 11.4 Å². The minimum absolute atomic E-state index is 0.339. The molecule has 5 nitrogen and oxygen atoms in total. The molecule has 1 aliphatic rings. The van der Waals surface area contributed by atoms with E-state index in [0.29, 0.717) is 29.3 Å². The van der Waals surface area contributed by atoms with Gasteiger partial charge in [-0.3, -0.25) is 0 Å². The maximum atomic E-state index is 12.7. The average molecular weight is 453 g/mol. The van der Waals surface area contributed by atoms with Crippen LogP contribution in [0.3, 0.4) is 0 Å². The maximum absolute atomic E-state index is 12.7. The molecule has 3 rings (SSSR count). The number of esters is 1. The first-order chi connectivity index (χ1) is 16.0. The second-order valence-corrected chi connectivity index (χ2v) is 9.41. The van der Waals surface area contributed by atoms with E-state index in [-0.39, 0.29) is 0 Å². The molecule has 1 saturated carbocycles. The summed E-state index contributed by atoms with van der Waals surface area (Å²) in [6.45, 7) is 4.42. The van der Waals surface area contributed by atoms with Gasteiger partial charge in [-0.05, 0) is 79.8 Å². The zero-order valence-corrected chi connectivity index (χ0v) is 20.2. The van der Waals surface area contributed by atoms with E-state index in [1.807, 2.05) is 12.1 Å². The summed E-state index contributed by atoms with van der Waals surface area (Å²) in [6, 6.07) is 13.1. The molecule has 1 atom stereocenters. The molecule has 1 fully saturated rings. The lowest BCUT2D eigenvalue weighted by atomic mass is 9.77. The van der Waals surface area contributed by atoms with E-state index in [1.54, 1.807) is 18.2 Å². The van der Waals surface area contributed by atoms with Crippen LogP contribution < -0.4 is 16.2 Å². The predicted octanol–water partition coefficient (Wildman–Crippen LogP) is 7.07. The van der Waals surface area contributed by atoms with Crippen molar-refractivity contribution in [3.8, 4) is 5.75 Å². The van der Waals surface area contributed by atoms with Crippen molar-refractivity contribution in [1.29, 1.82) is 0 Å². The second-order valence-electron chi connectivity index (χ2n) is 9.41. The summed E-state index contributed by atoms with van der Waals surface area (Å²) >= 11 is 0. The molecule has 1 aliphatic carbocycles. The first-order valence-corrected chi connectivity index (χ1v) is 12.6. The number of nitrogen functional groups attached to an aromatic ring is 2. The van der Waals surface area contributed by atoms with Crippen molar-refractivity contribution in [3.05, 3.63) is 53.6 Å². The summed E-state index contributed by atoms with van der Waals surface area (Å²) in [5.41, 5.74) is 14.2. The molecule has 0 spiro atoms. The molecule has 0 bridgehead atoms. The maximum Gasteiger partial charge on any atom is 0.341 e. The number of carbonyl (C=O) groups is 1. The monoisotopic (exact) mass is 452 g/mol. The van der Waals surface area contributed by atoms with Gasteiger partial charge in [0.1, 0.15) is 5.75 Å². The van der Waals surface area contributed by atoms with Crippen molar-refractivity contribution in [2.24, 2.45) is 5.92 Å². The SMILES string of the molecule is CCCCCC(OC(=O)c1cc(N)cc(N)c1)Oc1ccc(C2CCC(CCC)CC2)cc1. The molecule has 33 heavy (non-hydrogen) atoms. The van der Waals surface area contributed by atoms with E-state index >= 15 is 0 Å². The molecule has 0 aromatic heterocycles. The smallest absolute Gasteiger partial charge is 0.341 e. The second kappa shape index (κ2) is 12.5. The molecule has 0 radical (unpaired) electrons.